The number of rotatable bonds is 12. The van der Waals surface area contributed by atoms with Crippen molar-refractivity contribution in [2.45, 2.75) is 89.4 Å². The zero-order chi connectivity index (χ0) is 18.2. The van der Waals surface area contributed by atoms with Crippen molar-refractivity contribution < 1.29 is 13.2 Å². The Kier molecular flexibility index (Phi) is 7.80. The molecule has 4 heteroatoms. The smallest absolute Gasteiger partial charge is 0.285 e. The van der Waals surface area contributed by atoms with Crippen LogP contribution in [0, 0.1) is 0 Å². The molecule has 1 aromatic rings. The minimum absolute atomic E-state index is 0.250. The van der Waals surface area contributed by atoms with Gasteiger partial charge in [0.05, 0.1) is 0 Å². The van der Waals surface area contributed by atoms with Crippen LogP contribution in [0.1, 0.15) is 76.7 Å². The van der Waals surface area contributed by atoms with E-state index in [1.165, 1.54) is 32.1 Å². The van der Waals surface area contributed by atoms with Crippen molar-refractivity contribution in [2.24, 2.45) is 0 Å². The van der Waals surface area contributed by atoms with E-state index in [-0.39, 0.29) is 12.8 Å². The molecule has 1 aliphatic carbocycles. The highest BCUT2D eigenvalue weighted by atomic mass is 19.4. The van der Waals surface area contributed by atoms with Gasteiger partial charge in [0.1, 0.15) is 5.54 Å². The lowest BCUT2D eigenvalue weighted by Crippen LogP contribution is -2.48. The standard InChI is InChI=1S/C21H32F3N/c1-2-3-4-5-6-7-8-12-17-25(18-19-13-10-9-11-14-19)20(15-16-20)21(22,23)24/h9-11,13-14H,2-8,12,15-18H2,1H3. The van der Waals surface area contributed by atoms with Crippen molar-refractivity contribution >= 4 is 0 Å². The van der Waals surface area contributed by atoms with Gasteiger partial charge in [0, 0.05) is 6.54 Å². The molecule has 0 spiro atoms. The van der Waals surface area contributed by atoms with Crippen LogP contribution in [0.5, 0.6) is 0 Å². The normalized spacial score (nSPS) is 16.4. The number of hydrogen-bond acceptors (Lipinski definition) is 1. The van der Waals surface area contributed by atoms with Crippen LogP contribution in [0.3, 0.4) is 0 Å². The fraction of sp³-hybridized carbons (Fsp3) is 0.714. The molecule has 1 aliphatic rings. The molecule has 2 rings (SSSR count). The van der Waals surface area contributed by atoms with E-state index in [0.29, 0.717) is 13.1 Å². The molecule has 0 N–H and O–H groups in total. The molecule has 0 atom stereocenters. The molecule has 0 aromatic heterocycles. The van der Waals surface area contributed by atoms with Gasteiger partial charge < -0.3 is 0 Å². The largest absolute Gasteiger partial charge is 0.406 e. The molecule has 0 heterocycles. The van der Waals surface area contributed by atoms with Crippen molar-refractivity contribution in [3.63, 3.8) is 0 Å². The highest BCUT2D eigenvalue weighted by Crippen LogP contribution is 2.54. The Hall–Kier alpha value is -1.03. The van der Waals surface area contributed by atoms with E-state index in [0.717, 1.165) is 24.8 Å². The fourth-order valence-corrected chi connectivity index (χ4v) is 3.58. The summed E-state index contributed by atoms with van der Waals surface area (Å²) in [5, 5.41) is 0. The van der Waals surface area contributed by atoms with Gasteiger partial charge in [0.2, 0.25) is 0 Å². The molecule has 25 heavy (non-hydrogen) atoms. The molecule has 1 saturated carbocycles. The molecule has 0 aliphatic heterocycles. The lowest BCUT2D eigenvalue weighted by atomic mass is 10.1. The lowest BCUT2D eigenvalue weighted by Gasteiger charge is -2.33. The Morgan fingerprint density at radius 1 is 0.880 bits per heavy atom. The number of nitrogens with zero attached hydrogens (tertiary/aromatic N) is 1. The SMILES string of the molecule is CCCCCCCCCCN(Cc1ccccc1)C1(C(F)(F)F)CC1. The maximum atomic E-state index is 13.6. The summed E-state index contributed by atoms with van der Waals surface area (Å²) in [4.78, 5) is 1.69. The predicted octanol–water partition coefficient (Wildman–Crippen LogP) is 6.72. The lowest BCUT2D eigenvalue weighted by molar-refractivity contribution is -0.198. The first-order chi connectivity index (χ1) is 12.0. The highest BCUT2D eigenvalue weighted by Gasteiger charge is 2.66. The van der Waals surface area contributed by atoms with Gasteiger partial charge >= 0.3 is 6.18 Å². The van der Waals surface area contributed by atoms with Crippen molar-refractivity contribution in [2.75, 3.05) is 6.54 Å². The molecule has 0 amide bonds. The summed E-state index contributed by atoms with van der Waals surface area (Å²) >= 11 is 0. The summed E-state index contributed by atoms with van der Waals surface area (Å²) in [5.41, 5.74) is -0.596. The molecule has 0 bridgehead atoms. The van der Waals surface area contributed by atoms with Crippen molar-refractivity contribution in [3.8, 4) is 0 Å². The summed E-state index contributed by atoms with van der Waals surface area (Å²) in [6, 6.07) is 9.55. The Balaban J connectivity index is 1.82. The first-order valence-electron chi connectivity index (χ1n) is 9.85. The van der Waals surface area contributed by atoms with E-state index in [9.17, 15) is 13.2 Å². The quantitative estimate of drug-likeness (QED) is 0.376. The third-order valence-corrected chi connectivity index (χ3v) is 5.35. The summed E-state index contributed by atoms with van der Waals surface area (Å²) < 4.78 is 40.7. The predicted molar refractivity (Wildman–Crippen MR) is 97.5 cm³/mol. The van der Waals surface area contributed by atoms with Gasteiger partial charge in [-0.15, -0.1) is 0 Å². The first kappa shape index (κ1) is 20.3. The van der Waals surface area contributed by atoms with Crippen molar-refractivity contribution in [1.82, 2.24) is 4.90 Å². The topological polar surface area (TPSA) is 3.24 Å². The molecular weight excluding hydrogens is 323 g/mol. The Morgan fingerprint density at radius 3 is 1.96 bits per heavy atom. The second-order valence-corrected chi connectivity index (χ2v) is 7.41. The molecular formula is C21H32F3N. The number of benzene rings is 1. The average Bonchev–Trinajstić information content (AvgIpc) is 3.39. The van der Waals surface area contributed by atoms with E-state index in [1.807, 2.05) is 30.3 Å². The van der Waals surface area contributed by atoms with Crippen LogP contribution in [-0.2, 0) is 6.54 Å². The molecule has 1 aromatic carbocycles. The summed E-state index contributed by atoms with van der Waals surface area (Å²) in [5.74, 6) is 0. The number of alkyl halides is 3. The van der Waals surface area contributed by atoms with Crippen LogP contribution >= 0.6 is 0 Å². The second-order valence-electron chi connectivity index (χ2n) is 7.41. The molecule has 0 radical (unpaired) electrons. The van der Waals surface area contributed by atoms with Crippen LogP contribution < -0.4 is 0 Å². The number of unbranched alkanes of at least 4 members (excludes halogenated alkanes) is 7. The van der Waals surface area contributed by atoms with E-state index in [2.05, 4.69) is 6.92 Å². The monoisotopic (exact) mass is 355 g/mol. The van der Waals surface area contributed by atoms with Gasteiger partial charge in [-0.2, -0.15) is 13.2 Å². The zero-order valence-electron chi connectivity index (χ0n) is 15.5. The van der Waals surface area contributed by atoms with Crippen LogP contribution in [0.4, 0.5) is 13.2 Å². The molecule has 0 unspecified atom stereocenters. The average molecular weight is 355 g/mol. The Labute approximate surface area is 150 Å². The summed E-state index contributed by atoms with van der Waals surface area (Å²) in [7, 11) is 0. The summed E-state index contributed by atoms with van der Waals surface area (Å²) in [6.45, 7) is 3.15. The van der Waals surface area contributed by atoms with Gasteiger partial charge in [-0.05, 0) is 31.4 Å². The number of halogens is 3. The van der Waals surface area contributed by atoms with E-state index in [4.69, 9.17) is 0 Å². The first-order valence-corrected chi connectivity index (χ1v) is 9.85. The Bertz CT molecular complexity index is 480. The third-order valence-electron chi connectivity index (χ3n) is 5.35. The van der Waals surface area contributed by atoms with E-state index < -0.39 is 11.7 Å². The van der Waals surface area contributed by atoms with Gasteiger partial charge in [0.15, 0.2) is 0 Å². The zero-order valence-corrected chi connectivity index (χ0v) is 15.5. The molecule has 1 nitrogen and oxygen atoms in total. The van der Waals surface area contributed by atoms with Crippen LogP contribution in [0.2, 0.25) is 0 Å². The summed E-state index contributed by atoms with van der Waals surface area (Å²) in [6.07, 6.45) is 5.70. The molecule has 1 fully saturated rings. The van der Waals surface area contributed by atoms with Gasteiger partial charge in [0.25, 0.3) is 0 Å². The van der Waals surface area contributed by atoms with Crippen molar-refractivity contribution in [3.05, 3.63) is 35.9 Å². The Morgan fingerprint density at radius 2 is 1.44 bits per heavy atom. The van der Waals surface area contributed by atoms with Gasteiger partial charge in [-0.1, -0.05) is 82.2 Å². The maximum absolute atomic E-state index is 13.6. The van der Waals surface area contributed by atoms with Gasteiger partial charge in [-0.25, -0.2) is 0 Å². The second kappa shape index (κ2) is 9.61. The van der Waals surface area contributed by atoms with Crippen LogP contribution in [0.25, 0.3) is 0 Å². The number of hydrogen-bond donors (Lipinski definition) is 0. The van der Waals surface area contributed by atoms with E-state index >= 15 is 0 Å². The highest BCUT2D eigenvalue weighted by molar-refractivity contribution is 5.17. The van der Waals surface area contributed by atoms with Crippen molar-refractivity contribution in [1.29, 1.82) is 0 Å². The minimum Gasteiger partial charge on any atom is -0.285 e. The maximum Gasteiger partial charge on any atom is 0.406 e. The molecule has 0 saturated heterocycles. The van der Waals surface area contributed by atoms with Crippen LogP contribution in [0.15, 0.2) is 30.3 Å². The molecule has 142 valence electrons. The third kappa shape index (κ3) is 6.02. The minimum atomic E-state index is -4.12. The van der Waals surface area contributed by atoms with E-state index in [1.54, 1.807) is 4.90 Å². The van der Waals surface area contributed by atoms with Gasteiger partial charge in [-0.3, -0.25) is 4.90 Å². The van der Waals surface area contributed by atoms with Crippen LogP contribution in [-0.4, -0.2) is 23.2 Å². The fourth-order valence-electron chi connectivity index (χ4n) is 3.58.